The van der Waals surface area contributed by atoms with Crippen molar-refractivity contribution in [1.82, 2.24) is 0 Å². The van der Waals surface area contributed by atoms with Crippen LogP contribution in [0.15, 0.2) is 158 Å². The van der Waals surface area contributed by atoms with E-state index < -0.39 is 11.9 Å². The molecule has 0 aliphatic carbocycles. The van der Waals surface area contributed by atoms with Gasteiger partial charge in [-0.05, 0) is 144 Å². The number of hydrogen-bond donors (Lipinski definition) is 0. The Kier molecular flexibility index (Phi) is 5.42. The molecule has 4 nitrogen and oxygen atoms in total. The molecule has 0 fully saturated rings. The summed E-state index contributed by atoms with van der Waals surface area (Å²) in [4.78, 5) is 28.9. The molecule has 0 unspecified atom stereocenters. The third kappa shape index (κ3) is 3.65. The number of carbonyl (C=O) groups is 2. The minimum Gasteiger partial charge on any atom is -0.422 e. The lowest BCUT2D eigenvalue weighted by Crippen LogP contribution is -2.17. The predicted molar refractivity (Wildman–Crippen MR) is 246 cm³/mol. The smallest absolute Gasteiger partial charge is 0.344 e. The van der Waals surface area contributed by atoms with E-state index in [9.17, 15) is 9.59 Å². The first-order chi connectivity index (χ1) is 29.6. The molecule has 0 heterocycles. The van der Waals surface area contributed by atoms with E-state index in [4.69, 9.17) is 9.47 Å². The zero-order valence-electron chi connectivity index (χ0n) is 31.6. The lowest BCUT2D eigenvalue weighted by atomic mass is 9.83. The molecule has 4 heteroatoms. The first-order valence-electron chi connectivity index (χ1n) is 20.3. The Balaban J connectivity index is 0.877. The lowest BCUT2D eigenvalue weighted by molar-refractivity contribution is 0.0694. The second-order valence-electron chi connectivity index (χ2n) is 16.6. The van der Waals surface area contributed by atoms with Gasteiger partial charge in [-0.1, -0.05) is 121 Å². The monoisotopic (exact) mass is 762 g/mol. The molecule has 0 aliphatic rings. The predicted octanol–water partition coefficient (Wildman–Crippen LogP) is 14.6. The maximum atomic E-state index is 14.4. The number of ether oxygens (including phenoxy) is 2. The van der Waals surface area contributed by atoms with Gasteiger partial charge in [0.05, 0.1) is 11.1 Å². The molecule has 0 saturated heterocycles. The first kappa shape index (κ1) is 31.0. The van der Waals surface area contributed by atoms with E-state index in [-0.39, 0.29) is 11.1 Å². The average molecular weight is 763 g/mol. The number of benzene rings is 15. The molecule has 15 aromatic rings. The summed E-state index contributed by atoms with van der Waals surface area (Å²) in [5.74, 6) is -0.351. The Morgan fingerprint density at radius 2 is 0.500 bits per heavy atom. The third-order valence-corrected chi connectivity index (χ3v) is 13.7. The molecular weight excluding hydrogens is 737 g/mol. The molecule has 0 radical (unpaired) electrons. The highest BCUT2D eigenvalue weighted by molar-refractivity contribution is 6.46. The van der Waals surface area contributed by atoms with Gasteiger partial charge < -0.3 is 9.47 Å². The largest absolute Gasteiger partial charge is 0.422 e. The van der Waals surface area contributed by atoms with Gasteiger partial charge >= 0.3 is 11.9 Å². The van der Waals surface area contributed by atoms with Crippen molar-refractivity contribution in [3.63, 3.8) is 0 Å². The van der Waals surface area contributed by atoms with E-state index in [2.05, 4.69) is 121 Å². The van der Waals surface area contributed by atoms with E-state index in [1.54, 1.807) is 24.3 Å². The van der Waals surface area contributed by atoms with Crippen molar-refractivity contribution in [2.45, 2.75) is 0 Å². The Morgan fingerprint density at radius 1 is 0.267 bits per heavy atom. The van der Waals surface area contributed by atoms with Crippen molar-refractivity contribution in [2.75, 3.05) is 0 Å². The average Bonchev–Trinajstić information content (AvgIpc) is 3.29. The number of hydrogen-bond acceptors (Lipinski definition) is 4. The Morgan fingerprint density at radius 3 is 0.800 bits per heavy atom. The Bertz CT molecular complexity index is 3940. The van der Waals surface area contributed by atoms with Crippen LogP contribution in [0.1, 0.15) is 20.7 Å². The second kappa shape index (κ2) is 10.5. The lowest BCUT2D eigenvalue weighted by Gasteiger charge is -2.22. The van der Waals surface area contributed by atoms with Crippen molar-refractivity contribution >= 4 is 141 Å². The first-order valence-corrected chi connectivity index (χ1v) is 20.3. The van der Waals surface area contributed by atoms with Crippen LogP contribution in [0.5, 0.6) is 11.5 Å². The Hall–Kier alpha value is -8.08. The van der Waals surface area contributed by atoms with Crippen LogP contribution in [0.4, 0.5) is 0 Å². The van der Waals surface area contributed by atoms with Crippen molar-refractivity contribution < 1.29 is 19.1 Å². The summed E-state index contributed by atoms with van der Waals surface area (Å²) in [5.41, 5.74) is 0.273. The second-order valence-corrected chi connectivity index (χ2v) is 16.6. The van der Waals surface area contributed by atoms with Crippen LogP contribution in [0.25, 0.3) is 129 Å². The maximum absolute atomic E-state index is 14.4. The molecule has 0 N–H and O–H groups in total. The highest BCUT2D eigenvalue weighted by Crippen LogP contribution is 2.52. The number of rotatable bonds is 4. The van der Waals surface area contributed by atoms with E-state index in [1.165, 1.54) is 86.2 Å². The van der Waals surface area contributed by atoms with E-state index in [0.717, 1.165) is 43.1 Å². The van der Waals surface area contributed by atoms with Gasteiger partial charge in [0.2, 0.25) is 0 Å². The van der Waals surface area contributed by atoms with Gasteiger partial charge in [-0.3, -0.25) is 0 Å². The quantitative estimate of drug-likeness (QED) is 0.0775. The molecule has 0 aromatic heterocycles. The SMILES string of the molecule is O=C(Oc1cc2ccc3ccc4ccc5ccc6ccc1c1c6c5c4c3c21)c1ccccc1C(=O)Oc1cc2ccc3ccc4ccc5ccc6ccc1c1c6c5c4c3c21. The standard InChI is InChI=1S/C56H26O4/c57-55(59-41-25-35-19-17-31-11-7-27-5-9-29-13-15-33-21-23-39(41)53-49(33)45(29)43(27)47(31)51(35)53)37-3-1-2-4-38(37)56(58)60-42-26-36-20-18-32-12-8-28-6-10-30-14-16-34-22-24-40(42)54-50(34)46(30)44(28)48(32)52(36)54/h1-26H. The highest BCUT2D eigenvalue weighted by atomic mass is 16.5. The molecule has 0 amide bonds. The van der Waals surface area contributed by atoms with Crippen molar-refractivity contribution in [2.24, 2.45) is 0 Å². The van der Waals surface area contributed by atoms with Gasteiger partial charge in [0.1, 0.15) is 11.5 Å². The molecule has 274 valence electrons. The number of esters is 2. The summed E-state index contributed by atoms with van der Waals surface area (Å²) in [6.45, 7) is 0. The summed E-state index contributed by atoms with van der Waals surface area (Å²) in [6, 6.07) is 54.0. The molecule has 0 bridgehead atoms. The fourth-order valence-corrected chi connectivity index (χ4v) is 11.2. The van der Waals surface area contributed by atoms with Crippen molar-refractivity contribution in [1.29, 1.82) is 0 Å². The zero-order valence-corrected chi connectivity index (χ0v) is 31.6. The highest BCUT2D eigenvalue weighted by Gasteiger charge is 2.27. The van der Waals surface area contributed by atoms with Crippen LogP contribution in [-0.4, -0.2) is 11.9 Å². The van der Waals surface area contributed by atoms with Crippen molar-refractivity contribution in [3.05, 3.63) is 169 Å². The number of carbonyl (C=O) groups excluding carboxylic acids is 2. The van der Waals surface area contributed by atoms with Crippen LogP contribution < -0.4 is 9.47 Å². The van der Waals surface area contributed by atoms with Crippen molar-refractivity contribution in [3.8, 4) is 11.5 Å². The van der Waals surface area contributed by atoms with E-state index in [0.29, 0.717) is 11.5 Å². The van der Waals surface area contributed by atoms with Gasteiger partial charge in [0.25, 0.3) is 0 Å². The fourth-order valence-electron chi connectivity index (χ4n) is 11.2. The minimum atomic E-state index is -0.625. The molecule has 0 spiro atoms. The summed E-state index contributed by atoms with van der Waals surface area (Å²) in [5, 5.41) is 27.4. The van der Waals surface area contributed by atoms with Crippen LogP contribution in [0.2, 0.25) is 0 Å². The molecule has 0 saturated carbocycles. The van der Waals surface area contributed by atoms with Crippen LogP contribution in [0, 0.1) is 0 Å². The van der Waals surface area contributed by atoms with Gasteiger partial charge in [-0.25, -0.2) is 9.59 Å². The summed E-state index contributed by atoms with van der Waals surface area (Å²) < 4.78 is 12.8. The minimum absolute atomic E-state index is 0.136. The van der Waals surface area contributed by atoms with Gasteiger partial charge in [0, 0.05) is 21.5 Å². The summed E-state index contributed by atoms with van der Waals surface area (Å²) >= 11 is 0. The summed E-state index contributed by atoms with van der Waals surface area (Å²) in [7, 11) is 0. The van der Waals surface area contributed by atoms with E-state index in [1.807, 2.05) is 12.1 Å². The van der Waals surface area contributed by atoms with Crippen LogP contribution in [0.3, 0.4) is 0 Å². The van der Waals surface area contributed by atoms with Gasteiger partial charge in [-0.2, -0.15) is 0 Å². The third-order valence-electron chi connectivity index (χ3n) is 13.7. The molecule has 60 heavy (non-hydrogen) atoms. The molecule has 0 aliphatic heterocycles. The summed E-state index contributed by atoms with van der Waals surface area (Å²) in [6.07, 6.45) is 0. The van der Waals surface area contributed by atoms with Gasteiger partial charge in [-0.15, -0.1) is 0 Å². The Labute approximate surface area is 339 Å². The molecule has 0 atom stereocenters. The molecular formula is C56H26O4. The normalized spacial score (nSPS) is 12.8. The zero-order chi connectivity index (χ0) is 39.1. The van der Waals surface area contributed by atoms with Crippen LogP contribution >= 0.6 is 0 Å². The molecule has 15 aromatic carbocycles. The maximum Gasteiger partial charge on any atom is 0.344 e. The topological polar surface area (TPSA) is 52.6 Å². The molecule has 15 rings (SSSR count). The van der Waals surface area contributed by atoms with E-state index >= 15 is 0 Å². The van der Waals surface area contributed by atoms with Crippen LogP contribution in [-0.2, 0) is 0 Å². The van der Waals surface area contributed by atoms with Gasteiger partial charge in [0.15, 0.2) is 0 Å². The fraction of sp³-hybridized carbons (Fsp3) is 0.